The van der Waals surface area contributed by atoms with Gasteiger partial charge in [-0.15, -0.1) is 16.8 Å². The molecule has 0 saturated heterocycles. The predicted octanol–water partition coefficient (Wildman–Crippen LogP) is 4.53. The van der Waals surface area contributed by atoms with E-state index in [-0.39, 0.29) is 29.5 Å². The Morgan fingerprint density at radius 2 is 1.95 bits per heavy atom. The van der Waals surface area contributed by atoms with Gasteiger partial charge in [0.2, 0.25) is 5.91 Å². The van der Waals surface area contributed by atoms with Crippen molar-refractivity contribution in [1.29, 1.82) is 0 Å². The highest BCUT2D eigenvalue weighted by molar-refractivity contribution is 7.99. The molecule has 0 unspecified atom stereocenters. The standard InChI is InChI=1S/C26H27ClN6O3S/c1-5-13-32-22(15-36-21-14-17(2)11-12-20(21)27)29-30-26(32)37-16-23(34)28-24-18(3)31(4)33(25(24)35)19-9-7-6-8-10-19/h5-12,14H,1,13,15-16H2,2-4H3,(H,28,34). The second kappa shape index (κ2) is 11.5. The van der Waals surface area contributed by atoms with Crippen LogP contribution in [0.4, 0.5) is 5.69 Å². The number of carbonyl (C=O) groups is 1. The quantitative estimate of drug-likeness (QED) is 0.235. The fourth-order valence-corrected chi connectivity index (χ4v) is 4.67. The van der Waals surface area contributed by atoms with Crippen LogP contribution in [0.5, 0.6) is 5.75 Å². The Morgan fingerprint density at radius 3 is 2.68 bits per heavy atom. The number of allylic oxidation sites excluding steroid dienone is 1. The van der Waals surface area contributed by atoms with Crippen molar-refractivity contribution in [2.45, 2.75) is 32.2 Å². The average Bonchev–Trinajstić information content (AvgIpc) is 3.37. The number of amides is 1. The zero-order valence-electron chi connectivity index (χ0n) is 20.8. The Hall–Kier alpha value is -3.76. The number of para-hydroxylation sites is 1. The molecular weight excluding hydrogens is 512 g/mol. The largest absolute Gasteiger partial charge is 0.484 e. The molecule has 0 radical (unpaired) electrons. The summed E-state index contributed by atoms with van der Waals surface area (Å²) in [6, 6.07) is 14.8. The number of anilines is 1. The van der Waals surface area contributed by atoms with Crippen molar-refractivity contribution in [2.75, 3.05) is 11.1 Å². The van der Waals surface area contributed by atoms with Crippen LogP contribution < -0.4 is 15.6 Å². The average molecular weight is 539 g/mol. The molecule has 0 fully saturated rings. The van der Waals surface area contributed by atoms with E-state index < -0.39 is 0 Å². The minimum Gasteiger partial charge on any atom is -0.484 e. The molecular formula is C26H27ClN6O3S. The summed E-state index contributed by atoms with van der Waals surface area (Å²) in [4.78, 5) is 25.9. The molecule has 192 valence electrons. The van der Waals surface area contributed by atoms with Gasteiger partial charge in [-0.05, 0) is 43.7 Å². The third-order valence-electron chi connectivity index (χ3n) is 5.70. The summed E-state index contributed by atoms with van der Waals surface area (Å²) in [7, 11) is 1.78. The molecule has 2 aromatic heterocycles. The van der Waals surface area contributed by atoms with Crippen LogP contribution in [0.15, 0.2) is 71.1 Å². The molecule has 0 aliphatic rings. The van der Waals surface area contributed by atoms with Crippen molar-refractivity contribution in [3.05, 3.63) is 93.6 Å². The lowest BCUT2D eigenvalue weighted by Crippen LogP contribution is -2.23. The highest BCUT2D eigenvalue weighted by Gasteiger charge is 2.19. The zero-order chi connectivity index (χ0) is 26.5. The maximum atomic E-state index is 13.1. The fraction of sp³-hybridized carbons (Fsp3) is 0.231. The zero-order valence-corrected chi connectivity index (χ0v) is 22.3. The summed E-state index contributed by atoms with van der Waals surface area (Å²) in [5, 5.41) is 12.3. The number of benzene rings is 2. The Balaban J connectivity index is 1.45. The van der Waals surface area contributed by atoms with E-state index in [1.54, 1.807) is 30.8 Å². The third-order valence-corrected chi connectivity index (χ3v) is 6.98. The van der Waals surface area contributed by atoms with Crippen molar-refractivity contribution in [3.8, 4) is 11.4 Å². The first kappa shape index (κ1) is 26.3. The van der Waals surface area contributed by atoms with E-state index in [0.717, 1.165) is 5.56 Å². The van der Waals surface area contributed by atoms with Crippen molar-refractivity contribution in [1.82, 2.24) is 24.1 Å². The van der Waals surface area contributed by atoms with Crippen molar-refractivity contribution >= 4 is 35.0 Å². The van der Waals surface area contributed by atoms with E-state index in [1.165, 1.54) is 16.4 Å². The van der Waals surface area contributed by atoms with Gasteiger partial charge in [-0.3, -0.25) is 18.8 Å². The summed E-state index contributed by atoms with van der Waals surface area (Å²) in [6.45, 7) is 8.14. The number of hydrogen-bond donors (Lipinski definition) is 1. The van der Waals surface area contributed by atoms with Crippen LogP contribution in [-0.2, 0) is 25.0 Å². The monoisotopic (exact) mass is 538 g/mol. The van der Waals surface area contributed by atoms with Crippen molar-refractivity contribution in [3.63, 3.8) is 0 Å². The molecule has 0 aliphatic carbocycles. The number of thioether (sulfide) groups is 1. The van der Waals surface area contributed by atoms with E-state index in [1.807, 2.05) is 54.0 Å². The molecule has 1 N–H and O–H groups in total. The first-order chi connectivity index (χ1) is 17.8. The highest BCUT2D eigenvalue weighted by atomic mass is 35.5. The van der Waals surface area contributed by atoms with Crippen LogP contribution in [-0.4, -0.2) is 35.8 Å². The number of halogens is 1. The van der Waals surface area contributed by atoms with E-state index >= 15 is 0 Å². The van der Waals surface area contributed by atoms with Crippen LogP contribution in [0.2, 0.25) is 5.02 Å². The molecule has 0 saturated carbocycles. The summed E-state index contributed by atoms with van der Waals surface area (Å²) in [5.74, 6) is 0.847. The van der Waals surface area contributed by atoms with E-state index in [0.29, 0.717) is 39.7 Å². The first-order valence-corrected chi connectivity index (χ1v) is 12.8. The van der Waals surface area contributed by atoms with Gasteiger partial charge in [0.05, 0.1) is 22.2 Å². The molecule has 4 aromatic rings. The van der Waals surface area contributed by atoms with Gasteiger partial charge < -0.3 is 10.1 Å². The molecule has 9 nitrogen and oxygen atoms in total. The summed E-state index contributed by atoms with van der Waals surface area (Å²) in [5.41, 5.74) is 2.34. The fourth-order valence-electron chi connectivity index (χ4n) is 3.73. The number of nitrogens with zero attached hydrogens (tertiary/aromatic N) is 5. The normalized spacial score (nSPS) is 10.9. The Labute approximate surface area is 223 Å². The summed E-state index contributed by atoms with van der Waals surface area (Å²) in [6.07, 6.45) is 1.72. The molecule has 0 atom stereocenters. The van der Waals surface area contributed by atoms with E-state index in [4.69, 9.17) is 16.3 Å². The van der Waals surface area contributed by atoms with Crippen LogP contribution in [0.1, 0.15) is 17.1 Å². The minimum absolute atomic E-state index is 0.0406. The number of nitrogens with one attached hydrogen (secondary N) is 1. The SMILES string of the molecule is C=CCn1c(COc2cc(C)ccc2Cl)nnc1SCC(=O)Nc1c(C)n(C)n(-c2ccccc2)c1=O. The number of hydrogen-bond acceptors (Lipinski definition) is 6. The van der Waals surface area contributed by atoms with Gasteiger partial charge in [0, 0.05) is 13.6 Å². The van der Waals surface area contributed by atoms with Crippen LogP contribution in [0.25, 0.3) is 5.69 Å². The highest BCUT2D eigenvalue weighted by Crippen LogP contribution is 2.26. The molecule has 0 spiro atoms. The summed E-state index contributed by atoms with van der Waals surface area (Å²) < 4.78 is 10.9. The van der Waals surface area contributed by atoms with Crippen LogP contribution in [0, 0.1) is 13.8 Å². The number of rotatable bonds is 10. The maximum Gasteiger partial charge on any atom is 0.295 e. The summed E-state index contributed by atoms with van der Waals surface area (Å²) >= 11 is 7.44. The van der Waals surface area contributed by atoms with Crippen LogP contribution >= 0.6 is 23.4 Å². The molecule has 2 heterocycles. The topological polar surface area (TPSA) is 96.0 Å². The number of aryl methyl sites for hydroxylation is 1. The Bertz CT molecular complexity index is 1490. The Kier molecular flexibility index (Phi) is 8.20. The van der Waals surface area contributed by atoms with Gasteiger partial charge in [-0.1, -0.05) is 53.7 Å². The van der Waals surface area contributed by atoms with Gasteiger partial charge >= 0.3 is 0 Å². The van der Waals surface area contributed by atoms with Crippen LogP contribution in [0.3, 0.4) is 0 Å². The molecule has 11 heteroatoms. The van der Waals surface area contributed by atoms with Crippen molar-refractivity contribution < 1.29 is 9.53 Å². The molecule has 37 heavy (non-hydrogen) atoms. The van der Waals surface area contributed by atoms with Gasteiger partial charge in [0.15, 0.2) is 11.0 Å². The molecule has 2 aromatic carbocycles. The third kappa shape index (κ3) is 5.81. The van der Waals surface area contributed by atoms with Gasteiger partial charge in [0.1, 0.15) is 18.0 Å². The molecule has 0 aliphatic heterocycles. The molecule has 4 rings (SSSR count). The minimum atomic E-state index is -0.325. The number of ether oxygens (including phenoxy) is 1. The lowest BCUT2D eigenvalue weighted by atomic mass is 10.2. The van der Waals surface area contributed by atoms with E-state index in [9.17, 15) is 9.59 Å². The second-order valence-corrected chi connectivity index (χ2v) is 9.64. The lowest BCUT2D eigenvalue weighted by Gasteiger charge is -2.10. The van der Waals surface area contributed by atoms with E-state index in [2.05, 4.69) is 22.1 Å². The second-order valence-electron chi connectivity index (χ2n) is 8.29. The first-order valence-electron chi connectivity index (χ1n) is 11.5. The van der Waals surface area contributed by atoms with Crippen molar-refractivity contribution in [2.24, 2.45) is 7.05 Å². The lowest BCUT2D eigenvalue weighted by molar-refractivity contribution is -0.113. The van der Waals surface area contributed by atoms with Gasteiger partial charge in [-0.2, -0.15) is 0 Å². The smallest absolute Gasteiger partial charge is 0.295 e. The van der Waals surface area contributed by atoms with Gasteiger partial charge in [-0.25, -0.2) is 4.68 Å². The number of carbonyl (C=O) groups excluding carboxylic acids is 1. The van der Waals surface area contributed by atoms with Gasteiger partial charge in [0.25, 0.3) is 5.56 Å². The molecule has 1 amide bonds. The maximum absolute atomic E-state index is 13.1. The Morgan fingerprint density at radius 1 is 1.19 bits per heavy atom. The predicted molar refractivity (Wildman–Crippen MR) is 146 cm³/mol. The number of aromatic nitrogens is 5. The molecule has 0 bridgehead atoms.